The van der Waals surface area contributed by atoms with Gasteiger partial charge >= 0.3 is 6.18 Å². The van der Waals surface area contributed by atoms with Crippen LogP contribution in [0.5, 0.6) is 11.5 Å². The first-order valence-electron chi connectivity index (χ1n) is 8.80. The maximum absolute atomic E-state index is 12.7. The predicted octanol–water partition coefficient (Wildman–Crippen LogP) is 3.00. The molecular formula is C18H23F3N6O2. The van der Waals surface area contributed by atoms with E-state index in [9.17, 15) is 13.2 Å². The molecule has 158 valence electrons. The largest absolute Gasteiger partial charge is 0.493 e. The quantitative estimate of drug-likeness (QED) is 0.349. The zero-order valence-electron chi connectivity index (χ0n) is 16.3. The van der Waals surface area contributed by atoms with Gasteiger partial charge in [-0.2, -0.15) is 13.2 Å². The molecule has 0 saturated heterocycles. The molecule has 8 nitrogen and oxygen atoms in total. The van der Waals surface area contributed by atoms with Crippen LogP contribution in [-0.4, -0.2) is 49.8 Å². The Bertz CT molecular complexity index is 829. The second-order valence-electron chi connectivity index (χ2n) is 5.61. The fourth-order valence-electron chi connectivity index (χ4n) is 2.30. The van der Waals surface area contributed by atoms with Gasteiger partial charge in [-0.15, -0.1) is 0 Å². The van der Waals surface area contributed by atoms with Crippen LogP contribution < -0.4 is 25.4 Å². The van der Waals surface area contributed by atoms with Crippen molar-refractivity contribution in [3.63, 3.8) is 0 Å². The fraction of sp³-hybridized carbons (Fsp3) is 0.389. The molecule has 0 aliphatic carbocycles. The van der Waals surface area contributed by atoms with Crippen molar-refractivity contribution < 1.29 is 22.6 Å². The van der Waals surface area contributed by atoms with Crippen molar-refractivity contribution in [2.45, 2.75) is 13.1 Å². The van der Waals surface area contributed by atoms with Crippen LogP contribution in [0.2, 0.25) is 0 Å². The minimum atomic E-state index is -4.51. The van der Waals surface area contributed by atoms with Gasteiger partial charge in [-0.3, -0.25) is 4.99 Å². The Balaban J connectivity index is 1.88. The van der Waals surface area contributed by atoms with Crippen molar-refractivity contribution >= 4 is 17.6 Å². The third kappa shape index (κ3) is 6.70. The van der Waals surface area contributed by atoms with Crippen molar-refractivity contribution in [2.24, 2.45) is 4.99 Å². The first-order chi connectivity index (χ1) is 13.9. The average molecular weight is 412 g/mol. The predicted molar refractivity (Wildman–Crippen MR) is 105 cm³/mol. The van der Waals surface area contributed by atoms with Gasteiger partial charge < -0.3 is 25.4 Å². The number of nitrogens with one attached hydrogen (secondary N) is 3. The molecule has 0 saturated carbocycles. The van der Waals surface area contributed by atoms with Gasteiger partial charge in [-0.1, -0.05) is 0 Å². The molecule has 0 aliphatic heterocycles. The number of anilines is 2. The van der Waals surface area contributed by atoms with Crippen molar-refractivity contribution in [1.82, 2.24) is 15.3 Å². The molecule has 0 atom stereocenters. The van der Waals surface area contributed by atoms with Crippen LogP contribution >= 0.6 is 0 Å². The molecule has 11 heteroatoms. The highest BCUT2D eigenvalue weighted by atomic mass is 19.4. The number of aliphatic imine (C=N–C) groups is 1. The molecule has 0 unspecified atom stereocenters. The zero-order valence-corrected chi connectivity index (χ0v) is 16.3. The number of guanidine groups is 1. The maximum Gasteiger partial charge on any atom is 0.433 e. The first-order valence-corrected chi connectivity index (χ1v) is 8.80. The molecule has 1 heterocycles. The maximum atomic E-state index is 12.7. The van der Waals surface area contributed by atoms with E-state index in [-0.39, 0.29) is 12.5 Å². The average Bonchev–Trinajstić information content (AvgIpc) is 2.70. The monoisotopic (exact) mass is 412 g/mol. The van der Waals surface area contributed by atoms with E-state index in [1.807, 2.05) is 13.0 Å². The molecule has 3 N–H and O–H groups in total. The first kappa shape index (κ1) is 22.1. The van der Waals surface area contributed by atoms with E-state index in [2.05, 4.69) is 30.9 Å². The molecule has 2 aromatic rings. The normalized spacial score (nSPS) is 11.7. The topological polar surface area (TPSA) is 92.7 Å². The second-order valence-corrected chi connectivity index (χ2v) is 5.61. The number of rotatable bonds is 8. The molecule has 0 spiro atoms. The Kier molecular flexibility index (Phi) is 7.87. The van der Waals surface area contributed by atoms with E-state index in [1.165, 1.54) is 0 Å². The summed E-state index contributed by atoms with van der Waals surface area (Å²) in [7, 11) is 3.16. The van der Waals surface area contributed by atoms with E-state index >= 15 is 0 Å². The van der Waals surface area contributed by atoms with Gasteiger partial charge in [0.25, 0.3) is 0 Å². The van der Waals surface area contributed by atoms with Gasteiger partial charge in [-0.05, 0) is 25.1 Å². The Labute approximate surface area is 166 Å². The summed E-state index contributed by atoms with van der Waals surface area (Å²) in [5.74, 6) is 1.59. The summed E-state index contributed by atoms with van der Waals surface area (Å²) < 4.78 is 48.8. The van der Waals surface area contributed by atoms with Gasteiger partial charge in [0.2, 0.25) is 5.95 Å². The van der Waals surface area contributed by atoms with E-state index in [0.717, 1.165) is 18.0 Å². The van der Waals surface area contributed by atoms with Gasteiger partial charge in [0, 0.05) is 38.1 Å². The number of halogens is 3. The lowest BCUT2D eigenvalue weighted by molar-refractivity contribution is -0.141. The summed E-state index contributed by atoms with van der Waals surface area (Å²) in [6.07, 6.45) is -3.45. The highest BCUT2D eigenvalue weighted by Crippen LogP contribution is 2.30. The molecule has 0 bridgehead atoms. The zero-order chi connectivity index (χ0) is 21.3. The molecule has 0 aliphatic rings. The smallest absolute Gasteiger partial charge is 0.433 e. The van der Waals surface area contributed by atoms with Crippen molar-refractivity contribution in [1.29, 1.82) is 0 Å². The number of benzene rings is 1. The molecule has 29 heavy (non-hydrogen) atoms. The third-order valence-corrected chi connectivity index (χ3v) is 3.60. The molecular weight excluding hydrogens is 389 g/mol. The van der Waals surface area contributed by atoms with Gasteiger partial charge in [0.15, 0.2) is 17.5 Å². The number of aromatic nitrogens is 2. The van der Waals surface area contributed by atoms with E-state index < -0.39 is 11.9 Å². The third-order valence-electron chi connectivity index (χ3n) is 3.60. The lowest BCUT2D eigenvalue weighted by Crippen LogP contribution is -2.34. The molecule has 0 radical (unpaired) electrons. The van der Waals surface area contributed by atoms with Crippen LogP contribution in [0.25, 0.3) is 0 Å². The number of methoxy groups -OCH3 is 1. The second kappa shape index (κ2) is 10.3. The van der Waals surface area contributed by atoms with Crippen molar-refractivity contribution in [3.05, 3.63) is 36.2 Å². The Morgan fingerprint density at radius 1 is 1.17 bits per heavy atom. The number of nitrogens with zero attached hydrogens (tertiary/aromatic N) is 3. The summed E-state index contributed by atoms with van der Waals surface area (Å²) in [5, 5.41) is 8.88. The number of hydrogen-bond donors (Lipinski definition) is 3. The summed E-state index contributed by atoms with van der Waals surface area (Å²) in [4.78, 5) is 11.3. The Morgan fingerprint density at radius 3 is 2.62 bits per heavy atom. The lowest BCUT2D eigenvalue weighted by Gasteiger charge is -2.15. The van der Waals surface area contributed by atoms with Crippen LogP contribution in [-0.2, 0) is 6.18 Å². The van der Waals surface area contributed by atoms with Gasteiger partial charge in [0.05, 0.1) is 13.7 Å². The van der Waals surface area contributed by atoms with Crippen LogP contribution in [0.15, 0.2) is 35.5 Å². The standard InChI is InChI=1S/C18H23F3N6O2/c1-4-29-14-11-12(5-6-13(14)28-3)26-16(22-2)24-9-10-25-17-23-8-7-15(27-17)18(19,20)21/h5-8,11H,4,9-10H2,1-3H3,(H2,22,24,26)(H,23,25,27). The SMILES string of the molecule is CCOc1cc(NC(=NC)NCCNc2nccc(C(F)(F)F)n2)ccc1OC. The van der Waals surface area contributed by atoms with Crippen molar-refractivity contribution in [2.75, 3.05) is 44.5 Å². The van der Waals surface area contributed by atoms with E-state index in [4.69, 9.17) is 9.47 Å². The summed E-state index contributed by atoms with van der Waals surface area (Å²) >= 11 is 0. The minimum absolute atomic E-state index is 0.0962. The van der Waals surface area contributed by atoms with E-state index in [0.29, 0.717) is 30.6 Å². The van der Waals surface area contributed by atoms with Gasteiger partial charge in [0.1, 0.15) is 5.69 Å². The van der Waals surface area contributed by atoms with Crippen LogP contribution in [0.1, 0.15) is 12.6 Å². The Hall–Kier alpha value is -3.24. The summed E-state index contributed by atoms with van der Waals surface area (Å²) in [6, 6.07) is 6.18. The Morgan fingerprint density at radius 2 is 1.97 bits per heavy atom. The van der Waals surface area contributed by atoms with Gasteiger partial charge in [-0.25, -0.2) is 9.97 Å². The van der Waals surface area contributed by atoms with E-state index in [1.54, 1.807) is 26.3 Å². The van der Waals surface area contributed by atoms with Crippen LogP contribution in [0.3, 0.4) is 0 Å². The van der Waals surface area contributed by atoms with Crippen LogP contribution in [0.4, 0.5) is 24.8 Å². The number of alkyl halides is 3. The summed E-state index contributed by atoms with van der Waals surface area (Å²) in [5.41, 5.74) is -0.262. The molecule has 1 aromatic carbocycles. The molecule has 2 rings (SSSR count). The molecule has 0 amide bonds. The molecule has 0 fully saturated rings. The van der Waals surface area contributed by atoms with Crippen LogP contribution in [0, 0.1) is 0 Å². The molecule has 1 aromatic heterocycles. The summed E-state index contributed by atoms with van der Waals surface area (Å²) in [6.45, 7) is 3.03. The number of hydrogen-bond acceptors (Lipinski definition) is 6. The lowest BCUT2D eigenvalue weighted by atomic mass is 10.2. The number of ether oxygens (including phenoxy) is 2. The minimum Gasteiger partial charge on any atom is -0.493 e. The highest BCUT2D eigenvalue weighted by molar-refractivity contribution is 5.93. The van der Waals surface area contributed by atoms with Crippen molar-refractivity contribution in [3.8, 4) is 11.5 Å². The fourth-order valence-corrected chi connectivity index (χ4v) is 2.30. The highest BCUT2D eigenvalue weighted by Gasteiger charge is 2.32.